The molecule has 0 aliphatic carbocycles. The summed E-state index contributed by atoms with van der Waals surface area (Å²) in [7, 11) is 0. The van der Waals surface area contributed by atoms with Crippen LogP contribution >= 0.6 is 0 Å². The fourth-order valence-electron chi connectivity index (χ4n) is 2.14. The van der Waals surface area contributed by atoms with E-state index in [4.69, 9.17) is 4.74 Å². The molecule has 100 valence electrons. The highest BCUT2D eigenvalue weighted by atomic mass is 16.5. The van der Waals surface area contributed by atoms with Crippen LogP contribution in [0, 0.1) is 5.92 Å². The lowest BCUT2D eigenvalue weighted by Gasteiger charge is -2.34. The van der Waals surface area contributed by atoms with Crippen molar-refractivity contribution in [2.24, 2.45) is 5.92 Å². The van der Waals surface area contributed by atoms with Crippen molar-refractivity contribution in [1.29, 1.82) is 0 Å². The van der Waals surface area contributed by atoms with E-state index in [0.29, 0.717) is 6.04 Å². The Hall–Kier alpha value is -0.410. The number of hydrogen-bond donors (Lipinski definition) is 0. The Morgan fingerprint density at radius 1 is 1.29 bits per heavy atom. The highest BCUT2D eigenvalue weighted by molar-refractivity contribution is 5.82. The van der Waals surface area contributed by atoms with Crippen molar-refractivity contribution in [3.05, 3.63) is 0 Å². The Morgan fingerprint density at radius 3 is 2.24 bits per heavy atom. The molecule has 0 aromatic rings. The SMILES string of the molecule is CC(C)N1CCC(C(=O)COC(C)(C)C)CC1. The zero-order valence-electron chi connectivity index (χ0n) is 12.0. The highest BCUT2D eigenvalue weighted by Crippen LogP contribution is 2.20. The average molecular weight is 241 g/mol. The number of hydrogen-bond acceptors (Lipinski definition) is 3. The number of piperidine rings is 1. The van der Waals surface area contributed by atoms with Gasteiger partial charge in [0.15, 0.2) is 5.78 Å². The molecule has 0 amide bonds. The predicted octanol–water partition coefficient (Wildman–Crippen LogP) is 2.49. The minimum atomic E-state index is -0.214. The van der Waals surface area contributed by atoms with E-state index in [2.05, 4.69) is 18.7 Å². The molecule has 17 heavy (non-hydrogen) atoms. The number of ether oxygens (including phenoxy) is 1. The van der Waals surface area contributed by atoms with Crippen molar-refractivity contribution in [3.63, 3.8) is 0 Å². The van der Waals surface area contributed by atoms with E-state index in [1.165, 1.54) is 0 Å². The second-order valence-electron chi connectivity index (χ2n) is 6.27. The first kappa shape index (κ1) is 14.7. The van der Waals surface area contributed by atoms with Crippen molar-refractivity contribution in [2.75, 3.05) is 19.7 Å². The van der Waals surface area contributed by atoms with Gasteiger partial charge in [-0.2, -0.15) is 0 Å². The minimum Gasteiger partial charge on any atom is -0.368 e. The van der Waals surface area contributed by atoms with E-state index >= 15 is 0 Å². The molecule has 3 heteroatoms. The zero-order chi connectivity index (χ0) is 13.1. The van der Waals surface area contributed by atoms with Gasteiger partial charge in [0.25, 0.3) is 0 Å². The second kappa shape index (κ2) is 5.96. The third-order valence-electron chi connectivity index (χ3n) is 3.36. The first-order valence-corrected chi connectivity index (χ1v) is 6.70. The third-order valence-corrected chi connectivity index (χ3v) is 3.36. The van der Waals surface area contributed by atoms with Gasteiger partial charge in [0, 0.05) is 12.0 Å². The zero-order valence-corrected chi connectivity index (χ0v) is 12.0. The average Bonchev–Trinajstić information content (AvgIpc) is 2.25. The fourth-order valence-corrected chi connectivity index (χ4v) is 2.14. The van der Waals surface area contributed by atoms with Crippen molar-refractivity contribution in [1.82, 2.24) is 4.90 Å². The monoisotopic (exact) mass is 241 g/mol. The van der Waals surface area contributed by atoms with E-state index < -0.39 is 0 Å². The van der Waals surface area contributed by atoms with E-state index in [1.807, 2.05) is 20.8 Å². The van der Waals surface area contributed by atoms with Crippen LogP contribution in [0.15, 0.2) is 0 Å². The molecular formula is C14H27NO2. The number of likely N-dealkylation sites (tertiary alicyclic amines) is 1. The largest absolute Gasteiger partial charge is 0.368 e. The molecule has 0 radical (unpaired) electrons. The normalized spacial score (nSPS) is 19.9. The van der Waals surface area contributed by atoms with E-state index in [9.17, 15) is 4.79 Å². The van der Waals surface area contributed by atoms with Crippen LogP contribution in [0.1, 0.15) is 47.5 Å². The third kappa shape index (κ3) is 5.17. The summed E-state index contributed by atoms with van der Waals surface area (Å²) in [6, 6.07) is 0.594. The van der Waals surface area contributed by atoms with Crippen LogP contribution in [-0.4, -0.2) is 42.0 Å². The number of carbonyl (C=O) groups is 1. The summed E-state index contributed by atoms with van der Waals surface area (Å²) in [5.41, 5.74) is -0.214. The summed E-state index contributed by atoms with van der Waals surface area (Å²) in [5.74, 6) is 0.496. The molecule has 0 aromatic heterocycles. The van der Waals surface area contributed by atoms with E-state index in [0.717, 1.165) is 25.9 Å². The molecule has 1 fully saturated rings. The Bertz CT molecular complexity index is 247. The molecule has 0 aromatic carbocycles. The van der Waals surface area contributed by atoms with Crippen LogP contribution in [0.2, 0.25) is 0 Å². The Morgan fingerprint density at radius 2 is 1.82 bits per heavy atom. The van der Waals surface area contributed by atoms with Crippen LogP contribution in [0.4, 0.5) is 0 Å². The van der Waals surface area contributed by atoms with Gasteiger partial charge in [-0.3, -0.25) is 4.79 Å². The van der Waals surface area contributed by atoms with Gasteiger partial charge in [0.05, 0.1) is 5.60 Å². The quantitative estimate of drug-likeness (QED) is 0.757. The van der Waals surface area contributed by atoms with Gasteiger partial charge in [-0.05, 0) is 60.5 Å². The molecule has 3 nitrogen and oxygen atoms in total. The second-order valence-corrected chi connectivity index (χ2v) is 6.27. The summed E-state index contributed by atoms with van der Waals surface area (Å²) in [6.45, 7) is 12.8. The Kier molecular flexibility index (Phi) is 5.14. The van der Waals surface area contributed by atoms with Crippen LogP contribution < -0.4 is 0 Å². The molecular weight excluding hydrogens is 214 g/mol. The summed E-state index contributed by atoms with van der Waals surface area (Å²) in [5, 5.41) is 0. The summed E-state index contributed by atoms with van der Waals surface area (Å²) in [4.78, 5) is 14.4. The smallest absolute Gasteiger partial charge is 0.161 e. The Balaban J connectivity index is 2.31. The molecule has 1 saturated heterocycles. The lowest BCUT2D eigenvalue weighted by molar-refractivity contribution is -0.133. The van der Waals surface area contributed by atoms with Crippen molar-refractivity contribution < 1.29 is 9.53 Å². The number of nitrogens with zero attached hydrogens (tertiary/aromatic N) is 1. The van der Waals surface area contributed by atoms with Gasteiger partial charge in [-0.1, -0.05) is 0 Å². The maximum absolute atomic E-state index is 12.0. The lowest BCUT2D eigenvalue weighted by atomic mass is 9.92. The van der Waals surface area contributed by atoms with Crippen LogP contribution in [-0.2, 0) is 9.53 Å². The van der Waals surface area contributed by atoms with Crippen molar-refractivity contribution >= 4 is 5.78 Å². The molecule has 0 N–H and O–H groups in total. The van der Waals surface area contributed by atoms with Crippen molar-refractivity contribution in [2.45, 2.75) is 59.1 Å². The van der Waals surface area contributed by atoms with Crippen LogP contribution in [0.25, 0.3) is 0 Å². The fraction of sp³-hybridized carbons (Fsp3) is 0.929. The molecule has 0 spiro atoms. The van der Waals surface area contributed by atoms with Crippen LogP contribution in [0.3, 0.4) is 0 Å². The van der Waals surface area contributed by atoms with Gasteiger partial charge in [-0.25, -0.2) is 0 Å². The van der Waals surface area contributed by atoms with Gasteiger partial charge in [0.1, 0.15) is 6.61 Å². The standard InChI is InChI=1S/C14H27NO2/c1-11(2)15-8-6-12(7-9-15)13(16)10-17-14(3,4)5/h11-12H,6-10H2,1-5H3. The number of carbonyl (C=O) groups excluding carboxylic acids is 1. The maximum Gasteiger partial charge on any atom is 0.161 e. The molecule has 0 unspecified atom stereocenters. The number of rotatable bonds is 4. The molecule has 0 saturated carbocycles. The molecule has 1 heterocycles. The first-order chi connectivity index (χ1) is 7.79. The van der Waals surface area contributed by atoms with Gasteiger partial charge in [0.2, 0.25) is 0 Å². The molecule has 0 atom stereocenters. The van der Waals surface area contributed by atoms with Gasteiger partial charge >= 0.3 is 0 Å². The molecule has 0 bridgehead atoms. The number of ketones is 1. The first-order valence-electron chi connectivity index (χ1n) is 6.70. The van der Waals surface area contributed by atoms with Crippen LogP contribution in [0.5, 0.6) is 0 Å². The van der Waals surface area contributed by atoms with E-state index in [-0.39, 0.29) is 23.9 Å². The summed E-state index contributed by atoms with van der Waals surface area (Å²) < 4.78 is 5.56. The van der Waals surface area contributed by atoms with Gasteiger partial charge < -0.3 is 9.64 Å². The van der Waals surface area contributed by atoms with Crippen molar-refractivity contribution in [3.8, 4) is 0 Å². The lowest BCUT2D eigenvalue weighted by Crippen LogP contribution is -2.41. The topological polar surface area (TPSA) is 29.5 Å². The van der Waals surface area contributed by atoms with E-state index in [1.54, 1.807) is 0 Å². The van der Waals surface area contributed by atoms with Gasteiger partial charge in [-0.15, -0.1) is 0 Å². The minimum absolute atomic E-state index is 0.214. The molecule has 1 aliphatic rings. The summed E-state index contributed by atoms with van der Waals surface area (Å²) in [6.07, 6.45) is 1.98. The molecule has 1 rings (SSSR count). The highest BCUT2D eigenvalue weighted by Gasteiger charge is 2.26. The number of Topliss-reactive ketones (excluding diaryl/α,β-unsaturated/α-hetero) is 1. The Labute approximate surface area is 106 Å². The molecule has 1 aliphatic heterocycles. The predicted molar refractivity (Wildman–Crippen MR) is 70.1 cm³/mol. The maximum atomic E-state index is 12.0. The summed E-state index contributed by atoms with van der Waals surface area (Å²) >= 11 is 0.